The average Bonchev–Trinajstić information content (AvgIpc) is 3.04. The van der Waals surface area contributed by atoms with Gasteiger partial charge in [0.05, 0.1) is 6.54 Å². The fraction of sp³-hybridized carbons (Fsp3) is 0.667. The van der Waals surface area contributed by atoms with E-state index in [2.05, 4.69) is 5.16 Å². The highest BCUT2D eigenvalue weighted by Crippen LogP contribution is 2.47. The lowest BCUT2D eigenvalue weighted by Gasteiger charge is -2.24. The van der Waals surface area contributed by atoms with Crippen LogP contribution in [0.1, 0.15) is 19.8 Å². The van der Waals surface area contributed by atoms with Crippen molar-refractivity contribution in [1.82, 2.24) is 4.90 Å². The third kappa shape index (κ3) is 2.07. The quantitative estimate of drug-likeness (QED) is 0.238. The molecule has 1 saturated carbocycles. The summed E-state index contributed by atoms with van der Waals surface area (Å²) in [5.41, 5.74) is 9.59. The Labute approximate surface area is 93.1 Å². The van der Waals surface area contributed by atoms with Crippen LogP contribution >= 0.6 is 0 Å². The number of carbonyl (C=O) groups excluding carboxylic acids is 2. The van der Waals surface area contributed by atoms with E-state index >= 15 is 0 Å². The molecule has 0 saturated heterocycles. The van der Waals surface area contributed by atoms with Crippen molar-refractivity contribution in [2.75, 3.05) is 13.1 Å². The lowest BCUT2D eigenvalue weighted by atomic mass is 10.0. The molecule has 0 atom stereocenters. The SMILES string of the molecule is CCN(CC(N)=O)C(=O)C1(C(N)=NO)CC1. The molecule has 0 spiro atoms. The molecule has 2 amide bonds. The summed E-state index contributed by atoms with van der Waals surface area (Å²) >= 11 is 0. The van der Waals surface area contributed by atoms with Crippen molar-refractivity contribution in [2.24, 2.45) is 22.0 Å². The Balaban J connectivity index is 2.80. The Hall–Kier alpha value is -1.79. The van der Waals surface area contributed by atoms with Gasteiger partial charge in [-0.05, 0) is 19.8 Å². The lowest BCUT2D eigenvalue weighted by molar-refractivity contribution is -0.137. The van der Waals surface area contributed by atoms with Crippen molar-refractivity contribution in [3.63, 3.8) is 0 Å². The van der Waals surface area contributed by atoms with E-state index in [1.54, 1.807) is 6.92 Å². The summed E-state index contributed by atoms with van der Waals surface area (Å²) in [4.78, 5) is 24.1. The fourth-order valence-electron chi connectivity index (χ4n) is 1.62. The molecule has 0 radical (unpaired) electrons. The van der Waals surface area contributed by atoms with Crippen molar-refractivity contribution >= 4 is 17.6 Å². The first-order valence-corrected chi connectivity index (χ1v) is 5.03. The van der Waals surface area contributed by atoms with Crippen LogP contribution in [0, 0.1) is 5.41 Å². The first-order chi connectivity index (χ1) is 7.47. The van der Waals surface area contributed by atoms with E-state index in [4.69, 9.17) is 16.7 Å². The Morgan fingerprint density at radius 1 is 1.44 bits per heavy atom. The average molecular weight is 228 g/mol. The van der Waals surface area contributed by atoms with Crippen LogP contribution in [0.3, 0.4) is 0 Å². The Bertz CT molecular complexity index is 336. The van der Waals surface area contributed by atoms with Crippen LogP contribution in [0.2, 0.25) is 0 Å². The predicted octanol–water partition coefficient (Wildman–Crippen LogP) is -1.15. The molecule has 16 heavy (non-hydrogen) atoms. The monoisotopic (exact) mass is 228 g/mol. The normalized spacial score (nSPS) is 17.9. The van der Waals surface area contributed by atoms with Gasteiger partial charge in [0.2, 0.25) is 11.8 Å². The van der Waals surface area contributed by atoms with Gasteiger partial charge >= 0.3 is 0 Å². The maximum Gasteiger partial charge on any atom is 0.237 e. The molecule has 1 fully saturated rings. The summed E-state index contributed by atoms with van der Waals surface area (Å²) in [6.45, 7) is 1.96. The lowest BCUT2D eigenvalue weighted by Crippen LogP contribution is -2.46. The van der Waals surface area contributed by atoms with E-state index in [1.165, 1.54) is 4.90 Å². The zero-order valence-corrected chi connectivity index (χ0v) is 9.14. The van der Waals surface area contributed by atoms with Gasteiger partial charge in [-0.1, -0.05) is 5.16 Å². The third-order valence-corrected chi connectivity index (χ3v) is 2.77. The molecule has 0 unspecified atom stereocenters. The van der Waals surface area contributed by atoms with Gasteiger partial charge in [-0.3, -0.25) is 9.59 Å². The molecule has 0 heterocycles. The van der Waals surface area contributed by atoms with Gasteiger partial charge in [0.15, 0.2) is 5.84 Å². The molecule has 5 N–H and O–H groups in total. The van der Waals surface area contributed by atoms with Gasteiger partial charge in [-0.15, -0.1) is 0 Å². The van der Waals surface area contributed by atoms with Crippen molar-refractivity contribution in [2.45, 2.75) is 19.8 Å². The largest absolute Gasteiger partial charge is 0.409 e. The van der Waals surface area contributed by atoms with Gasteiger partial charge in [0.1, 0.15) is 5.41 Å². The van der Waals surface area contributed by atoms with Crippen molar-refractivity contribution in [3.8, 4) is 0 Å². The van der Waals surface area contributed by atoms with Gasteiger partial charge < -0.3 is 21.6 Å². The maximum atomic E-state index is 12.0. The molecule has 7 nitrogen and oxygen atoms in total. The zero-order chi connectivity index (χ0) is 12.3. The third-order valence-electron chi connectivity index (χ3n) is 2.77. The number of amides is 2. The second kappa shape index (κ2) is 4.38. The number of carbonyl (C=O) groups is 2. The summed E-state index contributed by atoms with van der Waals surface area (Å²) in [6, 6.07) is 0. The van der Waals surface area contributed by atoms with E-state index in [0.29, 0.717) is 19.4 Å². The van der Waals surface area contributed by atoms with E-state index < -0.39 is 11.3 Å². The fourth-order valence-corrected chi connectivity index (χ4v) is 1.62. The van der Waals surface area contributed by atoms with Gasteiger partial charge in [-0.25, -0.2) is 0 Å². The first kappa shape index (κ1) is 12.3. The van der Waals surface area contributed by atoms with Crippen LogP contribution in [0.25, 0.3) is 0 Å². The molecule has 90 valence electrons. The van der Waals surface area contributed by atoms with E-state index in [1.807, 2.05) is 0 Å². The predicted molar refractivity (Wildman–Crippen MR) is 56.5 cm³/mol. The first-order valence-electron chi connectivity index (χ1n) is 5.03. The summed E-state index contributed by atoms with van der Waals surface area (Å²) in [7, 11) is 0. The van der Waals surface area contributed by atoms with E-state index in [0.717, 1.165) is 0 Å². The van der Waals surface area contributed by atoms with Crippen LogP contribution in [-0.2, 0) is 9.59 Å². The highest BCUT2D eigenvalue weighted by atomic mass is 16.4. The Kier molecular flexibility index (Phi) is 3.36. The Morgan fingerprint density at radius 2 is 2.00 bits per heavy atom. The number of hydrogen-bond donors (Lipinski definition) is 3. The number of rotatable bonds is 5. The highest BCUT2D eigenvalue weighted by Gasteiger charge is 2.55. The molecular formula is C9H16N4O3. The maximum absolute atomic E-state index is 12.0. The number of amidine groups is 1. The molecule has 0 aromatic carbocycles. The molecular weight excluding hydrogens is 212 g/mol. The molecule has 1 aliphatic rings. The number of likely N-dealkylation sites (N-methyl/N-ethyl adjacent to an activating group) is 1. The summed E-state index contributed by atoms with van der Waals surface area (Å²) in [5, 5.41) is 11.5. The molecule has 0 aromatic rings. The van der Waals surface area contributed by atoms with E-state index in [9.17, 15) is 9.59 Å². The summed E-state index contributed by atoms with van der Waals surface area (Å²) < 4.78 is 0. The van der Waals surface area contributed by atoms with Crippen molar-refractivity contribution in [1.29, 1.82) is 0 Å². The van der Waals surface area contributed by atoms with Gasteiger partial charge in [0.25, 0.3) is 0 Å². The molecule has 1 aliphatic carbocycles. The van der Waals surface area contributed by atoms with Crippen molar-refractivity contribution in [3.05, 3.63) is 0 Å². The minimum atomic E-state index is -0.916. The minimum absolute atomic E-state index is 0.0968. The van der Waals surface area contributed by atoms with Crippen LogP contribution in [0.5, 0.6) is 0 Å². The summed E-state index contributed by atoms with van der Waals surface area (Å²) in [5.74, 6) is -0.977. The molecule has 0 bridgehead atoms. The number of primary amides is 1. The van der Waals surface area contributed by atoms with Gasteiger partial charge in [-0.2, -0.15) is 0 Å². The Morgan fingerprint density at radius 3 is 2.31 bits per heavy atom. The second-order valence-corrected chi connectivity index (χ2v) is 3.85. The number of nitrogens with two attached hydrogens (primary N) is 2. The van der Waals surface area contributed by atoms with Crippen LogP contribution in [0.4, 0.5) is 0 Å². The highest BCUT2D eigenvalue weighted by molar-refractivity contribution is 6.10. The van der Waals surface area contributed by atoms with E-state index in [-0.39, 0.29) is 18.3 Å². The standard InChI is InChI=1S/C9H16N4O3/c1-2-13(5-6(10)14)8(15)9(3-4-9)7(11)12-16/h16H,2-5H2,1H3,(H2,10,14)(H2,11,12). The number of hydrogen-bond acceptors (Lipinski definition) is 4. The molecule has 1 rings (SSSR count). The molecule has 0 aromatic heterocycles. The summed E-state index contributed by atoms with van der Waals surface area (Å²) in [6.07, 6.45) is 1.08. The van der Waals surface area contributed by atoms with Crippen molar-refractivity contribution < 1.29 is 14.8 Å². The van der Waals surface area contributed by atoms with Crippen LogP contribution in [0.15, 0.2) is 5.16 Å². The van der Waals surface area contributed by atoms with Crippen LogP contribution < -0.4 is 11.5 Å². The minimum Gasteiger partial charge on any atom is -0.409 e. The van der Waals surface area contributed by atoms with Gasteiger partial charge in [0, 0.05) is 6.54 Å². The number of nitrogens with zero attached hydrogens (tertiary/aromatic N) is 2. The van der Waals surface area contributed by atoms with Crippen LogP contribution in [-0.4, -0.2) is 40.8 Å². The smallest absolute Gasteiger partial charge is 0.237 e. The topological polar surface area (TPSA) is 122 Å². The number of oxime groups is 1. The molecule has 7 heteroatoms. The molecule has 0 aliphatic heterocycles. The zero-order valence-electron chi connectivity index (χ0n) is 9.14. The second-order valence-electron chi connectivity index (χ2n) is 3.85.